The first-order chi connectivity index (χ1) is 13.7. The molecule has 1 amide bonds. The van der Waals surface area contributed by atoms with E-state index >= 15 is 0 Å². The highest BCUT2D eigenvalue weighted by molar-refractivity contribution is 5.94. The molecule has 0 aromatic heterocycles. The van der Waals surface area contributed by atoms with Crippen LogP contribution in [0.15, 0.2) is 54.6 Å². The van der Waals surface area contributed by atoms with E-state index in [0.717, 1.165) is 31.5 Å². The van der Waals surface area contributed by atoms with Gasteiger partial charge in [0.15, 0.2) is 0 Å². The third-order valence-corrected chi connectivity index (χ3v) is 6.60. The highest BCUT2D eigenvalue weighted by Crippen LogP contribution is 2.37. The molecule has 148 valence electrons. The van der Waals surface area contributed by atoms with Crippen LogP contribution in [-0.4, -0.2) is 36.0 Å². The molecule has 4 rings (SSSR count). The van der Waals surface area contributed by atoms with E-state index in [-0.39, 0.29) is 5.91 Å². The van der Waals surface area contributed by atoms with Crippen LogP contribution in [0, 0.1) is 6.92 Å². The summed E-state index contributed by atoms with van der Waals surface area (Å²) in [5, 5.41) is 3.26. The van der Waals surface area contributed by atoms with Gasteiger partial charge in [-0.3, -0.25) is 9.69 Å². The summed E-state index contributed by atoms with van der Waals surface area (Å²) in [6.45, 7) is 4.23. The lowest BCUT2D eigenvalue weighted by molar-refractivity contribution is 0.0830. The minimum Gasteiger partial charge on any atom is -0.349 e. The molecule has 1 aliphatic carbocycles. The maximum Gasteiger partial charge on any atom is 0.251 e. The summed E-state index contributed by atoms with van der Waals surface area (Å²) in [7, 11) is 0. The van der Waals surface area contributed by atoms with Gasteiger partial charge in [0.25, 0.3) is 5.91 Å². The SMILES string of the molecule is Cc1ccc(C(=O)NC2CCN([C@@H]3CCCC[C@@H]3c3ccccc3)CC2)cc1. The van der Waals surface area contributed by atoms with Gasteiger partial charge in [0.05, 0.1) is 0 Å². The molecule has 2 atom stereocenters. The zero-order valence-corrected chi connectivity index (χ0v) is 16.9. The van der Waals surface area contributed by atoms with Crippen molar-refractivity contribution in [3.8, 4) is 0 Å². The molecule has 2 aliphatic rings. The lowest BCUT2D eigenvalue weighted by Gasteiger charge is -2.43. The van der Waals surface area contributed by atoms with E-state index in [1.165, 1.54) is 36.8 Å². The van der Waals surface area contributed by atoms with Crippen molar-refractivity contribution in [1.29, 1.82) is 0 Å². The molecule has 3 nitrogen and oxygen atoms in total. The van der Waals surface area contributed by atoms with Crippen LogP contribution < -0.4 is 5.32 Å². The number of piperidine rings is 1. The number of rotatable bonds is 4. The molecule has 1 saturated carbocycles. The van der Waals surface area contributed by atoms with Crippen LogP contribution >= 0.6 is 0 Å². The first kappa shape index (κ1) is 19.2. The summed E-state index contributed by atoms with van der Waals surface area (Å²) < 4.78 is 0. The van der Waals surface area contributed by atoms with E-state index in [9.17, 15) is 4.79 Å². The molecule has 0 unspecified atom stereocenters. The molecule has 1 N–H and O–H groups in total. The number of nitrogens with one attached hydrogen (secondary N) is 1. The largest absolute Gasteiger partial charge is 0.349 e. The van der Waals surface area contributed by atoms with E-state index in [2.05, 4.69) is 40.5 Å². The Hall–Kier alpha value is -2.13. The first-order valence-corrected chi connectivity index (χ1v) is 10.9. The predicted octanol–water partition coefficient (Wildman–Crippen LogP) is 4.92. The van der Waals surface area contributed by atoms with Crippen molar-refractivity contribution in [2.24, 2.45) is 0 Å². The van der Waals surface area contributed by atoms with Crippen molar-refractivity contribution in [3.05, 3.63) is 71.3 Å². The summed E-state index contributed by atoms with van der Waals surface area (Å²) in [5.74, 6) is 0.729. The van der Waals surface area contributed by atoms with Gasteiger partial charge >= 0.3 is 0 Å². The normalized spacial score (nSPS) is 24.0. The second kappa shape index (κ2) is 8.91. The van der Waals surface area contributed by atoms with Gasteiger partial charge in [-0.05, 0) is 56.2 Å². The molecule has 2 aromatic rings. The maximum absolute atomic E-state index is 12.5. The third-order valence-electron chi connectivity index (χ3n) is 6.60. The Morgan fingerprint density at radius 1 is 0.893 bits per heavy atom. The van der Waals surface area contributed by atoms with Crippen LogP contribution in [0.1, 0.15) is 65.9 Å². The fourth-order valence-corrected chi connectivity index (χ4v) is 4.99. The summed E-state index contributed by atoms with van der Waals surface area (Å²) in [4.78, 5) is 15.2. The monoisotopic (exact) mass is 376 g/mol. The molecule has 1 aliphatic heterocycles. The number of amides is 1. The number of benzene rings is 2. The highest BCUT2D eigenvalue weighted by Gasteiger charge is 2.33. The van der Waals surface area contributed by atoms with E-state index < -0.39 is 0 Å². The second-order valence-electron chi connectivity index (χ2n) is 8.52. The lowest BCUT2D eigenvalue weighted by Crippen LogP contribution is -2.50. The fraction of sp³-hybridized carbons (Fsp3) is 0.480. The Balaban J connectivity index is 1.34. The van der Waals surface area contributed by atoms with Crippen LogP contribution in [0.3, 0.4) is 0 Å². The Bertz CT molecular complexity index is 763. The molecule has 2 fully saturated rings. The number of aryl methyl sites for hydroxylation is 1. The van der Waals surface area contributed by atoms with Crippen molar-refractivity contribution in [2.45, 2.75) is 63.5 Å². The van der Waals surface area contributed by atoms with Crippen LogP contribution in [0.4, 0.5) is 0 Å². The first-order valence-electron chi connectivity index (χ1n) is 10.9. The quantitative estimate of drug-likeness (QED) is 0.822. The zero-order chi connectivity index (χ0) is 19.3. The van der Waals surface area contributed by atoms with Crippen LogP contribution in [0.5, 0.6) is 0 Å². The zero-order valence-electron chi connectivity index (χ0n) is 16.9. The molecule has 2 aromatic carbocycles. The summed E-state index contributed by atoms with van der Waals surface area (Å²) in [5.41, 5.74) is 3.46. The van der Waals surface area contributed by atoms with Gasteiger partial charge in [-0.2, -0.15) is 0 Å². The number of hydrogen-bond donors (Lipinski definition) is 1. The van der Waals surface area contributed by atoms with Gasteiger partial charge in [-0.1, -0.05) is 60.9 Å². The average molecular weight is 377 g/mol. The van der Waals surface area contributed by atoms with Crippen molar-refractivity contribution in [2.75, 3.05) is 13.1 Å². The average Bonchev–Trinajstić information content (AvgIpc) is 2.75. The van der Waals surface area contributed by atoms with Gasteiger partial charge in [-0.15, -0.1) is 0 Å². The Kier molecular flexibility index (Phi) is 6.11. The molecule has 0 spiro atoms. The number of carbonyl (C=O) groups is 1. The molecule has 28 heavy (non-hydrogen) atoms. The molecular formula is C25H32N2O. The van der Waals surface area contributed by atoms with Crippen molar-refractivity contribution in [1.82, 2.24) is 10.2 Å². The van der Waals surface area contributed by atoms with Crippen LogP contribution in [-0.2, 0) is 0 Å². The number of hydrogen-bond acceptors (Lipinski definition) is 2. The Morgan fingerprint density at radius 3 is 2.29 bits per heavy atom. The van der Waals surface area contributed by atoms with Crippen molar-refractivity contribution >= 4 is 5.91 Å². The molecule has 0 bridgehead atoms. The van der Waals surface area contributed by atoms with Gasteiger partial charge in [-0.25, -0.2) is 0 Å². The molecule has 1 saturated heterocycles. The summed E-state index contributed by atoms with van der Waals surface area (Å²) in [6.07, 6.45) is 7.40. The van der Waals surface area contributed by atoms with Gasteiger partial charge in [0, 0.05) is 30.7 Å². The van der Waals surface area contributed by atoms with Crippen molar-refractivity contribution in [3.63, 3.8) is 0 Å². The minimum absolute atomic E-state index is 0.0679. The highest BCUT2D eigenvalue weighted by atomic mass is 16.1. The fourth-order valence-electron chi connectivity index (χ4n) is 4.99. The van der Waals surface area contributed by atoms with E-state index in [4.69, 9.17) is 0 Å². The van der Waals surface area contributed by atoms with Gasteiger partial charge in [0.1, 0.15) is 0 Å². The van der Waals surface area contributed by atoms with Crippen LogP contribution in [0.2, 0.25) is 0 Å². The van der Waals surface area contributed by atoms with Crippen molar-refractivity contribution < 1.29 is 4.79 Å². The molecule has 0 radical (unpaired) electrons. The predicted molar refractivity (Wildman–Crippen MR) is 115 cm³/mol. The van der Waals surface area contributed by atoms with E-state index in [0.29, 0.717) is 18.0 Å². The summed E-state index contributed by atoms with van der Waals surface area (Å²) >= 11 is 0. The minimum atomic E-state index is 0.0679. The van der Waals surface area contributed by atoms with Crippen LogP contribution in [0.25, 0.3) is 0 Å². The Labute approximate surface area is 169 Å². The summed E-state index contributed by atoms with van der Waals surface area (Å²) in [6, 6.07) is 19.9. The number of carbonyl (C=O) groups excluding carboxylic acids is 1. The molecule has 3 heteroatoms. The van der Waals surface area contributed by atoms with E-state index in [1.807, 2.05) is 31.2 Å². The third kappa shape index (κ3) is 4.47. The molecular weight excluding hydrogens is 344 g/mol. The lowest BCUT2D eigenvalue weighted by atomic mass is 9.78. The maximum atomic E-state index is 12.5. The standard InChI is InChI=1S/C25H32N2O/c1-19-11-13-21(14-12-19)25(28)26-22-15-17-27(18-16-22)24-10-6-5-9-23(24)20-7-3-2-4-8-20/h2-4,7-8,11-14,22-24H,5-6,9-10,15-18H2,1H3,(H,26,28)/t23-,24-/m1/s1. The number of nitrogens with zero attached hydrogens (tertiary/aromatic N) is 1. The smallest absolute Gasteiger partial charge is 0.251 e. The second-order valence-corrected chi connectivity index (χ2v) is 8.52. The Morgan fingerprint density at radius 2 is 1.57 bits per heavy atom. The topological polar surface area (TPSA) is 32.3 Å². The number of likely N-dealkylation sites (tertiary alicyclic amines) is 1. The van der Waals surface area contributed by atoms with E-state index in [1.54, 1.807) is 0 Å². The molecule has 1 heterocycles. The van der Waals surface area contributed by atoms with Gasteiger partial charge in [0.2, 0.25) is 0 Å². The van der Waals surface area contributed by atoms with Gasteiger partial charge < -0.3 is 5.32 Å².